The lowest BCUT2D eigenvalue weighted by Crippen LogP contribution is -2.34. The van der Waals surface area contributed by atoms with Gasteiger partial charge in [-0.2, -0.15) is 12.7 Å². The molecule has 1 rings (SSSR count). The second kappa shape index (κ2) is 6.58. The first-order valence-corrected chi connectivity index (χ1v) is 7.02. The van der Waals surface area contributed by atoms with E-state index < -0.39 is 10.2 Å². The number of benzene rings is 1. The third-order valence-corrected chi connectivity index (χ3v) is 3.90. The molecule has 7 heteroatoms. The van der Waals surface area contributed by atoms with Crippen LogP contribution in [0.15, 0.2) is 24.3 Å². The monoisotopic (exact) mass is 273 g/mol. The van der Waals surface area contributed by atoms with Crippen LogP contribution < -0.4 is 15.2 Å². The summed E-state index contributed by atoms with van der Waals surface area (Å²) >= 11 is 0. The van der Waals surface area contributed by atoms with Crippen molar-refractivity contribution in [2.24, 2.45) is 5.73 Å². The molecule has 6 nitrogen and oxygen atoms in total. The maximum atomic E-state index is 11.9. The van der Waals surface area contributed by atoms with E-state index in [1.807, 2.05) is 0 Å². The number of hydrogen-bond donors (Lipinski definition) is 2. The SMILES string of the molecule is COc1cccc(NS(=O)(=O)N(C)CCCN)c1. The van der Waals surface area contributed by atoms with Crippen LogP contribution in [-0.2, 0) is 10.2 Å². The van der Waals surface area contributed by atoms with Crippen molar-refractivity contribution in [3.05, 3.63) is 24.3 Å². The number of hydrogen-bond acceptors (Lipinski definition) is 4. The predicted octanol–water partition coefficient (Wildman–Crippen LogP) is 0.633. The van der Waals surface area contributed by atoms with Gasteiger partial charge in [0.25, 0.3) is 0 Å². The van der Waals surface area contributed by atoms with Crippen molar-refractivity contribution in [3.8, 4) is 5.75 Å². The molecule has 0 bridgehead atoms. The van der Waals surface area contributed by atoms with E-state index >= 15 is 0 Å². The van der Waals surface area contributed by atoms with Crippen molar-refractivity contribution in [2.75, 3.05) is 32.0 Å². The number of nitrogens with zero attached hydrogens (tertiary/aromatic N) is 1. The Bertz CT molecular complexity index is 476. The molecule has 0 aliphatic heterocycles. The molecule has 0 spiro atoms. The van der Waals surface area contributed by atoms with Crippen LogP contribution in [0, 0.1) is 0 Å². The van der Waals surface area contributed by atoms with E-state index in [4.69, 9.17) is 10.5 Å². The first-order chi connectivity index (χ1) is 8.49. The predicted molar refractivity (Wildman–Crippen MR) is 71.8 cm³/mol. The third kappa shape index (κ3) is 4.17. The molecule has 0 amide bonds. The van der Waals surface area contributed by atoms with Crippen molar-refractivity contribution >= 4 is 15.9 Å². The Morgan fingerprint density at radius 1 is 1.44 bits per heavy atom. The molecule has 0 atom stereocenters. The topological polar surface area (TPSA) is 84.7 Å². The smallest absolute Gasteiger partial charge is 0.301 e. The fraction of sp³-hybridized carbons (Fsp3) is 0.455. The number of anilines is 1. The Morgan fingerprint density at radius 2 is 2.17 bits per heavy atom. The second-order valence-electron chi connectivity index (χ2n) is 3.80. The van der Waals surface area contributed by atoms with Crippen molar-refractivity contribution in [2.45, 2.75) is 6.42 Å². The van der Waals surface area contributed by atoms with Crippen LogP contribution in [0.5, 0.6) is 5.75 Å². The van der Waals surface area contributed by atoms with Crippen LogP contribution in [0.4, 0.5) is 5.69 Å². The minimum atomic E-state index is -3.54. The zero-order valence-corrected chi connectivity index (χ0v) is 11.4. The van der Waals surface area contributed by atoms with Crippen LogP contribution in [0.2, 0.25) is 0 Å². The highest BCUT2D eigenvalue weighted by Crippen LogP contribution is 2.18. The highest BCUT2D eigenvalue weighted by molar-refractivity contribution is 7.90. The van der Waals surface area contributed by atoms with E-state index in [0.29, 0.717) is 30.9 Å². The molecule has 0 fully saturated rings. The molecular weight excluding hydrogens is 254 g/mol. The Kier molecular flexibility index (Phi) is 5.39. The third-order valence-electron chi connectivity index (χ3n) is 2.40. The van der Waals surface area contributed by atoms with E-state index in [0.717, 1.165) is 0 Å². The van der Waals surface area contributed by atoms with Gasteiger partial charge in [-0.3, -0.25) is 4.72 Å². The van der Waals surface area contributed by atoms with Crippen molar-refractivity contribution in [1.82, 2.24) is 4.31 Å². The minimum absolute atomic E-state index is 0.385. The zero-order chi connectivity index (χ0) is 13.6. The number of nitrogens with two attached hydrogens (primary N) is 1. The maximum Gasteiger partial charge on any atom is 0.301 e. The van der Waals surface area contributed by atoms with Crippen LogP contribution in [0.3, 0.4) is 0 Å². The fourth-order valence-corrected chi connectivity index (χ4v) is 2.30. The van der Waals surface area contributed by atoms with Gasteiger partial charge in [0.1, 0.15) is 5.75 Å². The molecule has 0 aromatic heterocycles. The van der Waals surface area contributed by atoms with Crippen molar-refractivity contribution < 1.29 is 13.2 Å². The summed E-state index contributed by atoms with van der Waals surface area (Å²) in [5, 5.41) is 0. The van der Waals surface area contributed by atoms with Gasteiger partial charge in [0, 0.05) is 19.7 Å². The van der Waals surface area contributed by atoms with Crippen LogP contribution in [-0.4, -0.2) is 40.0 Å². The Balaban J connectivity index is 2.75. The number of rotatable bonds is 7. The highest BCUT2D eigenvalue weighted by Gasteiger charge is 2.16. The maximum absolute atomic E-state index is 11.9. The lowest BCUT2D eigenvalue weighted by atomic mass is 10.3. The fourth-order valence-electron chi connectivity index (χ4n) is 1.35. The van der Waals surface area contributed by atoms with Gasteiger partial charge in [-0.15, -0.1) is 0 Å². The first-order valence-electron chi connectivity index (χ1n) is 5.58. The number of methoxy groups -OCH3 is 1. The molecule has 1 aromatic carbocycles. The van der Waals surface area contributed by atoms with Gasteiger partial charge < -0.3 is 10.5 Å². The Morgan fingerprint density at radius 3 is 2.78 bits per heavy atom. The van der Waals surface area contributed by atoms with E-state index in [1.54, 1.807) is 24.3 Å². The average molecular weight is 273 g/mol. The number of nitrogens with one attached hydrogen (secondary N) is 1. The van der Waals surface area contributed by atoms with Crippen LogP contribution in [0.25, 0.3) is 0 Å². The first kappa shape index (κ1) is 14.7. The second-order valence-corrected chi connectivity index (χ2v) is 5.58. The summed E-state index contributed by atoms with van der Waals surface area (Å²) < 4.78 is 32.6. The number of ether oxygens (including phenoxy) is 1. The van der Waals surface area contributed by atoms with Gasteiger partial charge in [0.2, 0.25) is 0 Å². The van der Waals surface area contributed by atoms with Gasteiger partial charge >= 0.3 is 10.2 Å². The average Bonchev–Trinajstić information content (AvgIpc) is 2.35. The van der Waals surface area contributed by atoms with Crippen molar-refractivity contribution in [3.63, 3.8) is 0 Å². The molecule has 0 saturated heterocycles. The molecule has 102 valence electrons. The highest BCUT2D eigenvalue weighted by atomic mass is 32.2. The van der Waals surface area contributed by atoms with E-state index in [-0.39, 0.29) is 0 Å². The summed E-state index contributed by atoms with van der Waals surface area (Å²) in [5.41, 5.74) is 5.82. The molecule has 0 saturated carbocycles. The molecule has 1 aromatic rings. The lowest BCUT2D eigenvalue weighted by Gasteiger charge is -2.18. The van der Waals surface area contributed by atoms with Crippen LogP contribution in [0.1, 0.15) is 6.42 Å². The summed E-state index contributed by atoms with van der Waals surface area (Å²) in [4.78, 5) is 0. The van der Waals surface area contributed by atoms with Crippen LogP contribution >= 0.6 is 0 Å². The lowest BCUT2D eigenvalue weighted by molar-refractivity contribution is 0.415. The minimum Gasteiger partial charge on any atom is -0.497 e. The Labute approximate surface area is 108 Å². The van der Waals surface area contributed by atoms with E-state index in [9.17, 15) is 8.42 Å². The summed E-state index contributed by atoms with van der Waals surface area (Å²) in [5.74, 6) is 0.597. The van der Waals surface area contributed by atoms with Gasteiger partial charge in [-0.05, 0) is 25.1 Å². The van der Waals surface area contributed by atoms with Gasteiger partial charge in [0.05, 0.1) is 12.8 Å². The summed E-state index contributed by atoms with van der Waals surface area (Å²) in [6, 6.07) is 6.75. The molecule has 18 heavy (non-hydrogen) atoms. The van der Waals surface area contributed by atoms with E-state index in [1.165, 1.54) is 18.5 Å². The molecular formula is C11H19N3O3S. The quantitative estimate of drug-likeness (QED) is 0.763. The Hall–Kier alpha value is -1.31. The molecule has 0 radical (unpaired) electrons. The molecule has 0 unspecified atom stereocenters. The summed E-state index contributed by atoms with van der Waals surface area (Å²) in [7, 11) is -0.498. The zero-order valence-electron chi connectivity index (χ0n) is 10.6. The van der Waals surface area contributed by atoms with E-state index in [2.05, 4.69) is 4.72 Å². The summed E-state index contributed by atoms with van der Waals surface area (Å²) in [6.07, 6.45) is 0.621. The normalized spacial score (nSPS) is 11.6. The standard InChI is InChI=1S/C11H19N3O3S/c1-14(8-4-7-12)18(15,16)13-10-5-3-6-11(9-10)17-2/h3,5-6,9,13H,4,7-8,12H2,1-2H3. The molecule has 0 heterocycles. The largest absolute Gasteiger partial charge is 0.497 e. The molecule has 0 aliphatic carbocycles. The van der Waals surface area contributed by atoms with Crippen molar-refractivity contribution in [1.29, 1.82) is 0 Å². The molecule has 0 aliphatic rings. The van der Waals surface area contributed by atoms with Gasteiger partial charge in [-0.25, -0.2) is 0 Å². The van der Waals surface area contributed by atoms with Gasteiger partial charge in [-0.1, -0.05) is 6.07 Å². The molecule has 3 N–H and O–H groups in total. The van der Waals surface area contributed by atoms with Gasteiger partial charge in [0.15, 0.2) is 0 Å². The summed E-state index contributed by atoms with van der Waals surface area (Å²) in [6.45, 7) is 0.842.